The van der Waals surface area contributed by atoms with Crippen LogP contribution in [0.5, 0.6) is 5.75 Å². The van der Waals surface area contributed by atoms with Gasteiger partial charge in [-0.15, -0.1) is 0 Å². The molecule has 0 aliphatic heterocycles. The molecule has 0 saturated heterocycles. The fraction of sp³-hybridized carbons (Fsp3) is 0.500. The summed E-state index contributed by atoms with van der Waals surface area (Å²) in [5, 5.41) is 8.99. The minimum Gasteiger partial charge on any atom is -0.496 e. The monoisotopic (exact) mass is 293 g/mol. The Morgan fingerprint density at radius 1 is 1.29 bits per heavy atom. The predicted octanol–water partition coefficient (Wildman–Crippen LogP) is 2.26. The summed E-state index contributed by atoms with van der Waals surface area (Å²) in [5.74, 6) is -0.610. The minimum atomic E-state index is -1.02. The maximum atomic E-state index is 12.5. The van der Waals surface area contributed by atoms with E-state index in [0.29, 0.717) is 5.75 Å². The molecule has 0 fully saturated rings. The summed E-state index contributed by atoms with van der Waals surface area (Å²) in [6, 6.07) is 5.61. The Hall–Kier alpha value is -2.04. The zero-order valence-corrected chi connectivity index (χ0v) is 13.3. The van der Waals surface area contributed by atoms with Crippen molar-refractivity contribution in [1.82, 2.24) is 4.90 Å². The normalized spacial score (nSPS) is 11.1. The molecule has 0 radical (unpaired) electrons. The number of carbonyl (C=O) groups excluding carboxylic acids is 1. The van der Waals surface area contributed by atoms with Gasteiger partial charge in [-0.05, 0) is 33.8 Å². The van der Waals surface area contributed by atoms with E-state index in [9.17, 15) is 9.59 Å². The number of carboxylic acid groups (broad SMARTS) is 1. The molecule has 1 rings (SSSR count). The number of carbonyl (C=O) groups is 2. The number of aryl methyl sites for hydroxylation is 1. The van der Waals surface area contributed by atoms with Crippen molar-refractivity contribution >= 4 is 11.9 Å². The predicted molar refractivity (Wildman–Crippen MR) is 80.5 cm³/mol. The molecule has 0 atom stereocenters. The van der Waals surface area contributed by atoms with Gasteiger partial charge in [-0.3, -0.25) is 9.59 Å². The number of methoxy groups -OCH3 is 1. The van der Waals surface area contributed by atoms with E-state index in [-0.39, 0.29) is 18.9 Å². The SMILES string of the molecule is COc1ccc(C)cc1CC(=O)N(CC(=O)O)C(C)(C)C. The molecular weight excluding hydrogens is 270 g/mol. The molecule has 0 heterocycles. The molecule has 0 spiro atoms. The van der Waals surface area contributed by atoms with Crippen LogP contribution in [0.4, 0.5) is 0 Å². The summed E-state index contributed by atoms with van der Waals surface area (Å²) in [5.41, 5.74) is 1.24. The molecule has 0 aliphatic carbocycles. The largest absolute Gasteiger partial charge is 0.496 e. The lowest BCUT2D eigenvalue weighted by Gasteiger charge is -2.34. The Kier molecular flexibility index (Phi) is 5.35. The highest BCUT2D eigenvalue weighted by Gasteiger charge is 2.28. The molecule has 1 aromatic rings. The summed E-state index contributed by atoms with van der Waals surface area (Å²) in [6.45, 7) is 7.09. The third kappa shape index (κ3) is 4.77. The fourth-order valence-corrected chi connectivity index (χ4v) is 2.14. The zero-order valence-electron chi connectivity index (χ0n) is 13.3. The Morgan fingerprint density at radius 3 is 2.38 bits per heavy atom. The molecule has 0 aliphatic rings. The van der Waals surface area contributed by atoms with Gasteiger partial charge in [0, 0.05) is 11.1 Å². The summed E-state index contributed by atoms with van der Waals surface area (Å²) >= 11 is 0. The Balaban J connectivity index is 3.01. The lowest BCUT2D eigenvalue weighted by molar-refractivity contribution is -0.147. The number of rotatable bonds is 5. The van der Waals surface area contributed by atoms with E-state index in [0.717, 1.165) is 11.1 Å². The molecule has 1 aromatic carbocycles. The van der Waals surface area contributed by atoms with Crippen LogP contribution in [0.25, 0.3) is 0 Å². The van der Waals surface area contributed by atoms with Gasteiger partial charge >= 0.3 is 5.97 Å². The number of hydrogen-bond donors (Lipinski definition) is 1. The van der Waals surface area contributed by atoms with Crippen LogP contribution in [0.15, 0.2) is 18.2 Å². The first-order valence-corrected chi connectivity index (χ1v) is 6.81. The summed E-state index contributed by atoms with van der Waals surface area (Å²) in [6.07, 6.45) is 0.120. The summed E-state index contributed by atoms with van der Waals surface area (Å²) < 4.78 is 5.26. The van der Waals surface area contributed by atoms with Crippen LogP contribution < -0.4 is 4.74 Å². The van der Waals surface area contributed by atoms with Gasteiger partial charge < -0.3 is 14.7 Å². The second-order valence-corrected chi connectivity index (χ2v) is 6.04. The standard InChI is InChI=1S/C16H23NO4/c1-11-6-7-13(21-5)12(8-11)9-14(18)17(10-15(19)20)16(2,3)4/h6-8H,9-10H2,1-5H3,(H,19,20). The van der Waals surface area contributed by atoms with Gasteiger partial charge in [0.25, 0.3) is 0 Å². The van der Waals surface area contributed by atoms with Gasteiger partial charge in [0.1, 0.15) is 12.3 Å². The Bertz CT molecular complexity index is 532. The first-order valence-electron chi connectivity index (χ1n) is 6.81. The molecular formula is C16H23NO4. The lowest BCUT2D eigenvalue weighted by Crippen LogP contribution is -2.48. The van der Waals surface area contributed by atoms with Crippen LogP contribution in [0, 0.1) is 6.92 Å². The van der Waals surface area contributed by atoms with Crippen molar-refractivity contribution in [2.45, 2.75) is 39.7 Å². The number of hydrogen-bond acceptors (Lipinski definition) is 3. The van der Waals surface area contributed by atoms with Crippen molar-refractivity contribution in [2.75, 3.05) is 13.7 Å². The van der Waals surface area contributed by atoms with Crippen LogP contribution in [0.1, 0.15) is 31.9 Å². The van der Waals surface area contributed by atoms with Crippen molar-refractivity contribution in [3.05, 3.63) is 29.3 Å². The minimum absolute atomic E-state index is 0.120. The highest BCUT2D eigenvalue weighted by Crippen LogP contribution is 2.22. The molecule has 116 valence electrons. The van der Waals surface area contributed by atoms with Gasteiger partial charge in [-0.1, -0.05) is 17.7 Å². The van der Waals surface area contributed by atoms with E-state index in [1.807, 2.05) is 45.9 Å². The van der Waals surface area contributed by atoms with Crippen LogP contribution >= 0.6 is 0 Å². The molecule has 0 unspecified atom stereocenters. The second-order valence-electron chi connectivity index (χ2n) is 6.04. The molecule has 0 aromatic heterocycles. The van der Waals surface area contributed by atoms with Gasteiger partial charge in [-0.2, -0.15) is 0 Å². The van der Waals surface area contributed by atoms with Gasteiger partial charge in [0.15, 0.2) is 0 Å². The van der Waals surface area contributed by atoms with Gasteiger partial charge in [-0.25, -0.2) is 0 Å². The smallest absolute Gasteiger partial charge is 0.323 e. The van der Waals surface area contributed by atoms with Crippen LogP contribution in [0.3, 0.4) is 0 Å². The van der Waals surface area contributed by atoms with Gasteiger partial charge in [0.05, 0.1) is 13.5 Å². The van der Waals surface area contributed by atoms with E-state index in [2.05, 4.69) is 0 Å². The van der Waals surface area contributed by atoms with E-state index in [4.69, 9.17) is 9.84 Å². The van der Waals surface area contributed by atoms with Gasteiger partial charge in [0.2, 0.25) is 5.91 Å². The van der Waals surface area contributed by atoms with Crippen molar-refractivity contribution in [3.8, 4) is 5.75 Å². The lowest BCUT2D eigenvalue weighted by atomic mass is 10.0. The van der Waals surface area contributed by atoms with Crippen LogP contribution in [-0.4, -0.2) is 41.1 Å². The topological polar surface area (TPSA) is 66.8 Å². The maximum Gasteiger partial charge on any atom is 0.323 e. The average Bonchev–Trinajstić information content (AvgIpc) is 2.34. The van der Waals surface area contributed by atoms with E-state index >= 15 is 0 Å². The summed E-state index contributed by atoms with van der Waals surface area (Å²) in [4.78, 5) is 24.8. The third-order valence-corrected chi connectivity index (χ3v) is 3.18. The number of carboxylic acids is 1. The third-order valence-electron chi connectivity index (χ3n) is 3.18. The molecule has 0 saturated carbocycles. The van der Waals surface area contributed by atoms with E-state index in [1.54, 1.807) is 7.11 Å². The number of aliphatic carboxylic acids is 1. The molecule has 1 N–H and O–H groups in total. The highest BCUT2D eigenvalue weighted by atomic mass is 16.5. The number of benzene rings is 1. The number of ether oxygens (including phenoxy) is 1. The van der Waals surface area contributed by atoms with E-state index in [1.165, 1.54) is 4.90 Å². The molecule has 5 heteroatoms. The van der Waals surface area contributed by atoms with Crippen LogP contribution in [0.2, 0.25) is 0 Å². The van der Waals surface area contributed by atoms with Crippen molar-refractivity contribution < 1.29 is 19.4 Å². The Morgan fingerprint density at radius 2 is 1.90 bits per heavy atom. The molecule has 21 heavy (non-hydrogen) atoms. The second kappa shape index (κ2) is 6.61. The first-order chi connectivity index (χ1) is 9.65. The average molecular weight is 293 g/mol. The van der Waals surface area contributed by atoms with E-state index < -0.39 is 11.5 Å². The zero-order chi connectivity index (χ0) is 16.2. The summed E-state index contributed by atoms with van der Waals surface area (Å²) in [7, 11) is 1.55. The molecule has 0 bridgehead atoms. The van der Waals surface area contributed by atoms with Crippen LogP contribution in [-0.2, 0) is 16.0 Å². The molecule has 5 nitrogen and oxygen atoms in total. The fourth-order valence-electron chi connectivity index (χ4n) is 2.14. The number of amides is 1. The highest BCUT2D eigenvalue weighted by molar-refractivity contribution is 5.84. The van der Waals surface area contributed by atoms with Crippen molar-refractivity contribution in [3.63, 3.8) is 0 Å². The first kappa shape index (κ1) is 17.0. The quantitative estimate of drug-likeness (QED) is 0.904. The molecule has 1 amide bonds. The van der Waals surface area contributed by atoms with Crippen molar-refractivity contribution in [2.24, 2.45) is 0 Å². The maximum absolute atomic E-state index is 12.5. The van der Waals surface area contributed by atoms with Crippen molar-refractivity contribution in [1.29, 1.82) is 0 Å². The Labute approximate surface area is 125 Å². The number of nitrogens with zero attached hydrogens (tertiary/aromatic N) is 1.